The molecule has 3 aliphatic rings. The molecular weight excluding hydrogens is 153 g/mol. The molecule has 1 heterocycles. The third kappa shape index (κ3) is 0.691. The fourth-order valence-electron chi connectivity index (χ4n) is 2.72. The van der Waals surface area contributed by atoms with E-state index in [0.29, 0.717) is 16.9 Å². The zero-order valence-corrected chi connectivity index (χ0v) is 7.59. The number of hydrogen-bond donors (Lipinski definition) is 1. The van der Waals surface area contributed by atoms with Gasteiger partial charge in [-0.25, -0.2) is 0 Å². The third-order valence-electron chi connectivity index (χ3n) is 3.87. The van der Waals surface area contributed by atoms with E-state index in [1.165, 1.54) is 12.8 Å². The minimum absolute atomic E-state index is 0.168. The zero-order valence-electron chi connectivity index (χ0n) is 7.59. The molecule has 0 aromatic carbocycles. The van der Waals surface area contributed by atoms with Gasteiger partial charge in [0.05, 0.1) is 6.10 Å². The normalized spacial score (nSPS) is 55.5. The van der Waals surface area contributed by atoms with Crippen molar-refractivity contribution >= 4 is 7.25 Å². The Hall–Kier alpha value is -0.0551. The Kier molecular flexibility index (Phi) is 1.16. The smallest absolute Gasteiger partial charge is 0.397 e. The van der Waals surface area contributed by atoms with Crippen LogP contribution in [-0.4, -0.2) is 27.0 Å². The van der Waals surface area contributed by atoms with Crippen LogP contribution in [0.1, 0.15) is 19.8 Å². The summed E-state index contributed by atoms with van der Waals surface area (Å²) >= 11 is 0. The van der Waals surface area contributed by atoms with Crippen LogP contribution in [0.2, 0.25) is 0 Å². The van der Waals surface area contributed by atoms with E-state index in [1.807, 2.05) is 7.05 Å². The Balaban J connectivity index is 1.79. The van der Waals surface area contributed by atoms with Crippen molar-refractivity contribution < 1.29 is 9.31 Å². The van der Waals surface area contributed by atoms with Gasteiger partial charge in [0.1, 0.15) is 0 Å². The van der Waals surface area contributed by atoms with Crippen molar-refractivity contribution in [2.75, 3.05) is 13.7 Å². The van der Waals surface area contributed by atoms with Crippen LogP contribution in [-0.2, 0) is 9.31 Å². The number of rotatable bonds is 1. The fourth-order valence-corrected chi connectivity index (χ4v) is 2.72. The molecule has 66 valence electrons. The van der Waals surface area contributed by atoms with E-state index in [4.69, 9.17) is 9.31 Å². The maximum atomic E-state index is 5.71. The minimum atomic E-state index is -0.168. The van der Waals surface area contributed by atoms with Gasteiger partial charge in [0.2, 0.25) is 0 Å². The Bertz CT molecular complexity index is 235. The third-order valence-corrected chi connectivity index (χ3v) is 3.87. The van der Waals surface area contributed by atoms with Gasteiger partial charge in [-0.3, -0.25) is 0 Å². The topological polar surface area (TPSA) is 30.5 Å². The van der Waals surface area contributed by atoms with Gasteiger partial charge in [-0.15, -0.1) is 0 Å². The molecule has 1 aliphatic heterocycles. The summed E-state index contributed by atoms with van der Waals surface area (Å²) in [6, 6.07) is 0. The highest BCUT2D eigenvalue weighted by molar-refractivity contribution is 6.41. The molecule has 3 atom stereocenters. The van der Waals surface area contributed by atoms with Crippen LogP contribution in [0.15, 0.2) is 0 Å². The van der Waals surface area contributed by atoms with Crippen LogP contribution in [0.4, 0.5) is 0 Å². The molecule has 3 nitrogen and oxygen atoms in total. The summed E-state index contributed by atoms with van der Waals surface area (Å²) in [6.45, 7) is 3.17. The monoisotopic (exact) mass is 167 g/mol. The molecule has 0 aromatic heterocycles. The molecule has 0 bridgehead atoms. The van der Waals surface area contributed by atoms with Crippen molar-refractivity contribution in [3.8, 4) is 0 Å². The molecule has 3 rings (SSSR count). The molecule has 0 radical (unpaired) electrons. The second-order valence-corrected chi connectivity index (χ2v) is 4.65. The highest BCUT2D eigenvalue weighted by Gasteiger charge is 2.79. The molecule has 4 heteroatoms. The number of nitrogens with one attached hydrogen (secondary N) is 1. The van der Waals surface area contributed by atoms with Gasteiger partial charge >= 0.3 is 7.25 Å². The van der Waals surface area contributed by atoms with Crippen LogP contribution in [0.5, 0.6) is 0 Å². The van der Waals surface area contributed by atoms with Gasteiger partial charge in [-0.2, -0.15) is 0 Å². The lowest BCUT2D eigenvalue weighted by Gasteiger charge is -2.12. The maximum absolute atomic E-state index is 5.71. The second-order valence-electron chi connectivity index (χ2n) is 4.65. The average Bonchev–Trinajstić information content (AvgIpc) is 2.83. The van der Waals surface area contributed by atoms with Crippen molar-refractivity contribution in [2.45, 2.75) is 25.9 Å². The molecule has 1 spiro atoms. The molecule has 3 fully saturated rings. The van der Waals surface area contributed by atoms with Gasteiger partial charge in [-0.1, -0.05) is 6.92 Å². The summed E-state index contributed by atoms with van der Waals surface area (Å²) < 4.78 is 11.3. The van der Waals surface area contributed by atoms with Gasteiger partial charge in [0, 0.05) is 12.0 Å². The molecule has 3 unspecified atom stereocenters. The standard InChI is InChI=1S/C8H14BNO2/c1-7-4-8(7)3-6(8)12-9(10-2)11-5-7/h6,10H,3-5H2,1-2H3. The summed E-state index contributed by atoms with van der Waals surface area (Å²) in [4.78, 5) is 0. The first-order chi connectivity index (χ1) is 5.70. The van der Waals surface area contributed by atoms with E-state index in [9.17, 15) is 0 Å². The Morgan fingerprint density at radius 3 is 3.17 bits per heavy atom. The van der Waals surface area contributed by atoms with E-state index < -0.39 is 0 Å². The molecule has 0 aromatic rings. The van der Waals surface area contributed by atoms with Crippen LogP contribution in [0.25, 0.3) is 0 Å². The summed E-state index contributed by atoms with van der Waals surface area (Å²) in [6.07, 6.45) is 3.04. The van der Waals surface area contributed by atoms with Crippen LogP contribution in [0, 0.1) is 10.8 Å². The first-order valence-electron chi connectivity index (χ1n) is 4.65. The van der Waals surface area contributed by atoms with Gasteiger partial charge < -0.3 is 14.5 Å². The lowest BCUT2D eigenvalue weighted by Crippen LogP contribution is -2.38. The Morgan fingerprint density at radius 2 is 2.42 bits per heavy atom. The molecular formula is C8H14BNO2. The first-order valence-corrected chi connectivity index (χ1v) is 4.65. The van der Waals surface area contributed by atoms with E-state index in [-0.39, 0.29) is 7.25 Å². The molecule has 2 saturated carbocycles. The van der Waals surface area contributed by atoms with Gasteiger partial charge in [0.25, 0.3) is 0 Å². The summed E-state index contributed by atoms with van der Waals surface area (Å²) in [5.74, 6) is 0. The summed E-state index contributed by atoms with van der Waals surface area (Å²) in [5.41, 5.74) is 0.960. The Morgan fingerprint density at radius 1 is 1.58 bits per heavy atom. The van der Waals surface area contributed by atoms with Crippen LogP contribution in [0.3, 0.4) is 0 Å². The van der Waals surface area contributed by atoms with Crippen molar-refractivity contribution in [1.82, 2.24) is 5.23 Å². The average molecular weight is 167 g/mol. The Labute approximate surface area is 73.0 Å². The zero-order chi connectivity index (χ0) is 8.40. The fraction of sp³-hybridized carbons (Fsp3) is 1.00. The van der Waals surface area contributed by atoms with Crippen molar-refractivity contribution in [2.24, 2.45) is 10.8 Å². The summed E-state index contributed by atoms with van der Waals surface area (Å²) in [7, 11) is 1.71. The molecule has 2 aliphatic carbocycles. The quantitative estimate of drug-likeness (QED) is 0.573. The van der Waals surface area contributed by atoms with Crippen molar-refractivity contribution in [3.63, 3.8) is 0 Å². The lowest BCUT2D eigenvalue weighted by molar-refractivity contribution is 0.176. The largest absolute Gasteiger partial charge is 0.554 e. The molecule has 1 saturated heterocycles. The van der Waals surface area contributed by atoms with Crippen LogP contribution < -0.4 is 5.23 Å². The molecule has 0 amide bonds. The van der Waals surface area contributed by atoms with Crippen molar-refractivity contribution in [3.05, 3.63) is 0 Å². The predicted octanol–water partition coefficient (Wildman–Crippen LogP) is 0.406. The highest BCUT2D eigenvalue weighted by Crippen LogP contribution is 2.79. The lowest BCUT2D eigenvalue weighted by atomic mass is 10.1. The van der Waals surface area contributed by atoms with Gasteiger partial charge in [-0.05, 0) is 25.3 Å². The van der Waals surface area contributed by atoms with Crippen molar-refractivity contribution in [1.29, 1.82) is 0 Å². The van der Waals surface area contributed by atoms with E-state index in [1.54, 1.807) is 0 Å². The number of hydrogen-bond acceptors (Lipinski definition) is 3. The van der Waals surface area contributed by atoms with Gasteiger partial charge in [0.15, 0.2) is 0 Å². The first kappa shape index (κ1) is 7.36. The second kappa shape index (κ2) is 1.89. The van der Waals surface area contributed by atoms with E-state index >= 15 is 0 Å². The van der Waals surface area contributed by atoms with Crippen LogP contribution >= 0.6 is 0 Å². The molecule has 12 heavy (non-hydrogen) atoms. The maximum Gasteiger partial charge on any atom is 0.554 e. The SMILES string of the molecule is CNB1OCC2(C)CC23CC3O1. The van der Waals surface area contributed by atoms with E-state index in [2.05, 4.69) is 12.2 Å². The predicted molar refractivity (Wildman–Crippen MR) is 45.4 cm³/mol. The minimum Gasteiger partial charge on any atom is -0.397 e. The summed E-state index contributed by atoms with van der Waals surface area (Å²) in [5, 5.41) is 3.01. The van der Waals surface area contributed by atoms with E-state index in [0.717, 1.165) is 6.61 Å². The molecule has 1 N–H and O–H groups in total. The highest BCUT2D eigenvalue weighted by atomic mass is 16.6.